The minimum Gasteiger partial charge on any atom is -0.494 e. The molecule has 0 unspecified atom stereocenters. The quantitative estimate of drug-likeness (QED) is 0.00926. The van der Waals surface area contributed by atoms with Crippen LogP contribution in [-0.2, 0) is 19.1 Å². The number of rotatable bonds is 27. The maximum absolute atomic E-state index is 13.0. The zero-order valence-electron chi connectivity index (χ0n) is 40.2. The first-order valence-corrected chi connectivity index (χ1v) is 24.1. The zero-order valence-corrected chi connectivity index (χ0v) is 40.2. The van der Waals surface area contributed by atoms with Crippen LogP contribution < -0.4 is 18.9 Å². The second-order valence-electron chi connectivity index (χ2n) is 16.8. The molecule has 366 valence electrons. The van der Waals surface area contributed by atoms with Crippen molar-refractivity contribution in [3.05, 3.63) is 192 Å². The van der Waals surface area contributed by atoms with Gasteiger partial charge in [0.25, 0.3) is 0 Å². The van der Waals surface area contributed by atoms with E-state index < -0.39 is 17.9 Å². The molecule has 0 saturated heterocycles. The monoisotopic (exact) mass is 963 g/mol. The van der Waals surface area contributed by atoms with E-state index in [1.54, 1.807) is 48.5 Å². The Hall–Kier alpha value is -8.57. The van der Waals surface area contributed by atoms with Crippen LogP contribution in [0.2, 0.25) is 0 Å². The third-order valence-electron chi connectivity index (χ3n) is 11.5. The Balaban J connectivity index is 0.982. The summed E-state index contributed by atoms with van der Waals surface area (Å²) in [6.45, 7) is 8.70. The fourth-order valence-electron chi connectivity index (χ4n) is 7.54. The summed E-state index contributed by atoms with van der Waals surface area (Å²) in [5, 5.41) is 2.79. The van der Waals surface area contributed by atoms with Crippen molar-refractivity contribution in [1.29, 1.82) is 0 Å². The van der Waals surface area contributed by atoms with Gasteiger partial charge in [0.2, 0.25) is 5.88 Å². The number of carbonyl (C=O) groups excluding carboxylic acids is 4. The molecule has 0 radical (unpaired) electrons. The molecule has 6 aromatic carbocycles. The summed E-state index contributed by atoms with van der Waals surface area (Å²) in [4.78, 5) is 51.6. The van der Waals surface area contributed by atoms with Crippen molar-refractivity contribution in [2.24, 2.45) is 0 Å². The number of aldehydes is 1. The number of pyridine rings is 1. The van der Waals surface area contributed by atoms with Crippen LogP contribution in [0, 0.1) is 0 Å². The summed E-state index contributed by atoms with van der Waals surface area (Å²) >= 11 is 0. The van der Waals surface area contributed by atoms with Gasteiger partial charge in [-0.1, -0.05) is 98.1 Å². The fourth-order valence-corrected chi connectivity index (χ4v) is 7.54. The number of esters is 3. The van der Waals surface area contributed by atoms with Gasteiger partial charge in [0.15, 0.2) is 0 Å². The highest BCUT2D eigenvalue weighted by Crippen LogP contribution is 2.36. The molecule has 0 atom stereocenters. The third-order valence-corrected chi connectivity index (χ3v) is 11.5. The molecule has 0 amide bonds. The summed E-state index contributed by atoms with van der Waals surface area (Å²) in [6, 6.07) is 41.4. The molecule has 11 heteroatoms. The molecular weight excluding hydrogens is 907 g/mol. The van der Waals surface area contributed by atoms with Crippen molar-refractivity contribution in [1.82, 2.24) is 4.98 Å². The number of unbranched alkanes of at least 4 members (excludes halogenated alkanes) is 6. The number of benzene rings is 6. The van der Waals surface area contributed by atoms with E-state index in [0.717, 1.165) is 113 Å². The molecule has 0 saturated carbocycles. The SMILES string of the molecule is C=CC(=O)OCCCCCCOc1ccc(OC(=O)c2ccc(/C=C/c3ccc4c(c3)nc(Oc3ccc(OCCCCCCOC(=O)C=C)cc3)c3cc(/C=C/c5ccc(C=O)cc5)ccc34)cc2)cc1. The molecule has 7 rings (SSSR count). The largest absolute Gasteiger partial charge is 0.494 e. The Morgan fingerprint density at radius 1 is 0.444 bits per heavy atom. The summed E-state index contributed by atoms with van der Waals surface area (Å²) in [7, 11) is 0. The van der Waals surface area contributed by atoms with Crippen LogP contribution in [0.15, 0.2) is 159 Å². The predicted molar refractivity (Wildman–Crippen MR) is 284 cm³/mol. The van der Waals surface area contributed by atoms with Gasteiger partial charge in [-0.3, -0.25) is 4.79 Å². The Morgan fingerprint density at radius 2 is 0.889 bits per heavy atom. The molecule has 1 aromatic heterocycles. The van der Waals surface area contributed by atoms with Gasteiger partial charge in [-0.2, -0.15) is 0 Å². The van der Waals surface area contributed by atoms with Crippen LogP contribution in [0.1, 0.15) is 94.3 Å². The number of carbonyl (C=O) groups is 4. The van der Waals surface area contributed by atoms with Gasteiger partial charge in [-0.25, -0.2) is 19.4 Å². The Labute approximate surface area is 420 Å². The van der Waals surface area contributed by atoms with Crippen LogP contribution in [0.3, 0.4) is 0 Å². The Morgan fingerprint density at radius 3 is 1.43 bits per heavy atom. The predicted octanol–water partition coefficient (Wildman–Crippen LogP) is 13.9. The lowest BCUT2D eigenvalue weighted by Crippen LogP contribution is -2.08. The molecule has 0 aliphatic carbocycles. The standard InChI is InChI=1S/C61H57NO10/c1-3-58(64)69-39-11-7-5-9-37-67-50-27-31-52(32-28-50)71-60-56-41-46(17-13-44-15-19-48(43-63)20-16-44)23-35-54(56)55-36-24-47(42-57(55)62-60)18-14-45-21-25-49(26-22-45)61(66)72-53-33-29-51(30-34-53)68-38-10-6-8-12-40-70-59(65)4-2/h3-4,13-36,41-43H,1-2,5-12,37-40H2/b17-13+,18-14+. The van der Waals surface area contributed by atoms with Crippen LogP contribution in [0.5, 0.6) is 28.9 Å². The molecule has 0 aliphatic rings. The highest BCUT2D eigenvalue weighted by Gasteiger charge is 2.13. The van der Waals surface area contributed by atoms with Crippen molar-refractivity contribution in [2.75, 3.05) is 26.4 Å². The number of aromatic nitrogens is 1. The molecule has 72 heavy (non-hydrogen) atoms. The summed E-state index contributed by atoms with van der Waals surface area (Å²) in [6.07, 6.45) is 18.3. The van der Waals surface area contributed by atoms with E-state index in [-0.39, 0.29) is 0 Å². The highest BCUT2D eigenvalue weighted by atomic mass is 16.5. The average molecular weight is 964 g/mol. The number of fused-ring (bicyclic) bond motifs is 3. The Kier molecular flexibility index (Phi) is 19.2. The van der Waals surface area contributed by atoms with Gasteiger partial charge in [0.05, 0.1) is 37.5 Å². The molecule has 7 aromatic rings. The lowest BCUT2D eigenvalue weighted by atomic mass is 10.0. The maximum Gasteiger partial charge on any atom is 0.343 e. The van der Waals surface area contributed by atoms with Crippen LogP contribution in [0.4, 0.5) is 0 Å². The van der Waals surface area contributed by atoms with E-state index in [1.807, 2.05) is 85.0 Å². The normalized spacial score (nSPS) is 11.1. The van der Waals surface area contributed by atoms with Gasteiger partial charge >= 0.3 is 17.9 Å². The topological polar surface area (TPSA) is 137 Å². The van der Waals surface area contributed by atoms with E-state index in [1.165, 1.54) is 6.08 Å². The van der Waals surface area contributed by atoms with Gasteiger partial charge in [-0.15, -0.1) is 0 Å². The number of hydrogen-bond donors (Lipinski definition) is 0. The molecule has 0 fully saturated rings. The van der Waals surface area contributed by atoms with E-state index >= 15 is 0 Å². The van der Waals surface area contributed by atoms with E-state index in [2.05, 4.69) is 37.4 Å². The zero-order chi connectivity index (χ0) is 50.3. The minimum absolute atomic E-state index is 0.390. The van der Waals surface area contributed by atoms with Crippen LogP contribution in [0.25, 0.3) is 46.0 Å². The first kappa shape index (κ1) is 51.3. The summed E-state index contributed by atoms with van der Waals surface area (Å²) < 4.78 is 34.0. The first-order valence-electron chi connectivity index (χ1n) is 24.1. The molecular formula is C61H57NO10. The van der Waals surface area contributed by atoms with Crippen molar-refractivity contribution in [2.45, 2.75) is 51.4 Å². The van der Waals surface area contributed by atoms with E-state index in [4.69, 9.17) is 33.4 Å². The summed E-state index contributed by atoms with van der Waals surface area (Å²) in [5.74, 6) is 1.63. The van der Waals surface area contributed by atoms with Gasteiger partial charge in [0.1, 0.15) is 29.3 Å². The lowest BCUT2D eigenvalue weighted by Gasteiger charge is -2.13. The average Bonchev–Trinajstić information content (AvgIpc) is 3.42. The van der Waals surface area contributed by atoms with Crippen LogP contribution >= 0.6 is 0 Å². The fraction of sp³-hybridized carbons (Fsp3) is 0.197. The van der Waals surface area contributed by atoms with Gasteiger partial charge in [0, 0.05) is 28.5 Å². The minimum atomic E-state index is -0.466. The van der Waals surface area contributed by atoms with Crippen LogP contribution in [-0.4, -0.2) is 55.6 Å². The molecule has 0 spiro atoms. The highest BCUT2D eigenvalue weighted by molar-refractivity contribution is 6.09. The van der Waals surface area contributed by atoms with E-state index in [9.17, 15) is 19.2 Å². The van der Waals surface area contributed by atoms with Crippen molar-refractivity contribution >= 4 is 70.2 Å². The molecule has 0 N–H and O–H groups in total. The summed E-state index contributed by atoms with van der Waals surface area (Å²) in [5.41, 5.74) is 5.55. The first-order chi connectivity index (χ1) is 35.3. The second kappa shape index (κ2) is 27.0. The smallest absolute Gasteiger partial charge is 0.343 e. The molecule has 0 aliphatic heterocycles. The van der Waals surface area contributed by atoms with Crippen molar-refractivity contribution < 1.29 is 47.6 Å². The van der Waals surface area contributed by atoms with E-state index in [0.29, 0.717) is 60.7 Å². The maximum atomic E-state index is 13.0. The lowest BCUT2D eigenvalue weighted by molar-refractivity contribution is -0.138. The van der Waals surface area contributed by atoms with Crippen molar-refractivity contribution in [3.63, 3.8) is 0 Å². The van der Waals surface area contributed by atoms with Gasteiger partial charge < -0.3 is 28.4 Å². The van der Waals surface area contributed by atoms with Crippen molar-refractivity contribution in [3.8, 4) is 28.9 Å². The molecule has 1 heterocycles. The third kappa shape index (κ3) is 15.7. The number of nitrogens with zero attached hydrogens (tertiary/aromatic N) is 1. The second-order valence-corrected chi connectivity index (χ2v) is 16.8. The molecule has 11 nitrogen and oxygen atoms in total. The number of hydrogen-bond acceptors (Lipinski definition) is 11. The Bertz CT molecular complexity index is 3010. The van der Waals surface area contributed by atoms with Gasteiger partial charge in [-0.05, 0) is 152 Å². The molecule has 0 bridgehead atoms. The number of ether oxygens (including phenoxy) is 6.